The van der Waals surface area contributed by atoms with Crippen LogP contribution in [0.5, 0.6) is 0 Å². The number of ether oxygens (including phenoxy) is 1. The van der Waals surface area contributed by atoms with Crippen molar-refractivity contribution in [2.75, 3.05) is 0 Å². The number of esters is 1. The summed E-state index contributed by atoms with van der Waals surface area (Å²) in [6.07, 6.45) is 1.73. The summed E-state index contributed by atoms with van der Waals surface area (Å²) >= 11 is 3.39. The molecule has 1 aliphatic rings. The van der Waals surface area contributed by atoms with Gasteiger partial charge in [0.25, 0.3) is 0 Å². The van der Waals surface area contributed by atoms with E-state index in [0.717, 1.165) is 15.6 Å². The first-order valence-electron chi connectivity index (χ1n) is 7.72. The fourth-order valence-corrected chi connectivity index (χ4v) is 2.63. The number of halogens is 1. The molecule has 24 heavy (non-hydrogen) atoms. The Balaban J connectivity index is 1.87. The van der Waals surface area contributed by atoms with Gasteiger partial charge in [-0.2, -0.15) is 0 Å². The molecule has 0 amide bonds. The summed E-state index contributed by atoms with van der Waals surface area (Å²) < 4.78 is 6.30. The maximum Gasteiger partial charge on any atom is 0.363 e. The first-order valence-corrected chi connectivity index (χ1v) is 8.51. The predicted octanol–water partition coefficient (Wildman–Crippen LogP) is 5.09. The molecule has 0 fully saturated rings. The fraction of sp³-hybridized carbons (Fsp3) is 0.200. The van der Waals surface area contributed by atoms with Crippen molar-refractivity contribution in [1.29, 1.82) is 0 Å². The Labute approximate surface area is 150 Å². The maximum atomic E-state index is 12.0. The minimum absolute atomic E-state index is 0.0827. The van der Waals surface area contributed by atoms with Crippen LogP contribution in [0.2, 0.25) is 0 Å². The van der Waals surface area contributed by atoms with Gasteiger partial charge in [-0.15, -0.1) is 0 Å². The molecule has 0 unspecified atom stereocenters. The lowest BCUT2D eigenvalue weighted by atomic mass is 9.87. The molecular formula is C20H18BrNO2. The summed E-state index contributed by atoms with van der Waals surface area (Å²) in [7, 11) is 0. The summed E-state index contributed by atoms with van der Waals surface area (Å²) in [5.41, 5.74) is 3.32. The van der Waals surface area contributed by atoms with Crippen molar-refractivity contribution in [1.82, 2.24) is 0 Å². The number of benzene rings is 2. The molecule has 2 aromatic rings. The van der Waals surface area contributed by atoms with Crippen molar-refractivity contribution in [3.8, 4) is 0 Å². The van der Waals surface area contributed by atoms with Crippen molar-refractivity contribution < 1.29 is 9.53 Å². The van der Waals surface area contributed by atoms with Gasteiger partial charge in [0.2, 0.25) is 5.90 Å². The number of hydrogen-bond acceptors (Lipinski definition) is 3. The molecule has 0 radical (unpaired) electrons. The lowest BCUT2D eigenvalue weighted by molar-refractivity contribution is -0.129. The van der Waals surface area contributed by atoms with Gasteiger partial charge in [0.15, 0.2) is 5.70 Å². The zero-order valence-corrected chi connectivity index (χ0v) is 15.4. The predicted molar refractivity (Wildman–Crippen MR) is 99.9 cm³/mol. The van der Waals surface area contributed by atoms with Crippen LogP contribution in [-0.2, 0) is 14.9 Å². The van der Waals surface area contributed by atoms with E-state index in [9.17, 15) is 4.79 Å². The molecule has 3 rings (SSSR count). The normalized spacial score (nSPS) is 16.2. The number of aliphatic imine (C=N–C) groups is 1. The monoisotopic (exact) mass is 383 g/mol. The summed E-state index contributed by atoms with van der Waals surface area (Å²) in [6, 6.07) is 15.6. The Hall–Kier alpha value is -2.20. The van der Waals surface area contributed by atoms with Crippen LogP contribution in [-0.4, -0.2) is 11.9 Å². The molecule has 0 bridgehead atoms. The third-order valence-corrected chi connectivity index (χ3v) is 4.32. The average Bonchev–Trinajstić information content (AvgIpc) is 2.90. The van der Waals surface area contributed by atoms with Gasteiger partial charge in [-0.1, -0.05) is 61.0 Å². The first-order chi connectivity index (χ1) is 11.3. The Morgan fingerprint density at radius 1 is 1.00 bits per heavy atom. The number of hydrogen-bond donors (Lipinski definition) is 0. The minimum atomic E-state index is -0.423. The molecule has 0 atom stereocenters. The topological polar surface area (TPSA) is 38.7 Å². The number of cyclic esters (lactones) is 1. The minimum Gasteiger partial charge on any atom is -0.402 e. The lowest BCUT2D eigenvalue weighted by Gasteiger charge is -2.18. The standard InChI is InChI=1S/C20H18BrNO2/c1-20(2,3)15-8-6-14(7-9-15)18-22-17(19(23)24-18)12-13-4-10-16(21)11-5-13/h4-12H,1-3H3/b17-12-. The Bertz CT molecular complexity index is 825. The second-order valence-electron chi connectivity index (χ2n) is 6.71. The van der Waals surface area contributed by atoms with E-state index in [2.05, 4.69) is 41.7 Å². The van der Waals surface area contributed by atoms with E-state index in [4.69, 9.17) is 4.74 Å². The van der Waals surface area contributed by atoms with Gasteiger partial charge in [-0.3, -0.25) is 0 Å². The molecule has 1 heterocycles. The van der Waals surface area contributed by atoms with Crippen molar-refractivity contribution >= 4 is 33.9 Å². The van der Waals surface area contributed by atoms with Crippen LogP contribution >= 0.6 is 15.9 Å². The van der Waals surface area contributed by atoms with Crippen LogP contribution in [0.15, 0.2) is 63.7 Å². The van der Waals surface area contributed by atoms with Crippen LogP contribution in [0.4, 0.5) is 0 Å². The molecule has 4 heteroatoms. The molecule has 0 spiro atoms. The smallest absolute Gasteiger partial charge is 0.363 e. The van der Waals surface area contributed by atoms with E-state index >= 15 is 0 Å². The molecule has 0 saturated heterocycles. The van der Waals surface area contributed by atoms with Gasteiger partial charge in [0.1, 0.15) is 0 Å². The van der Waals surface area contributed by atoms with Crippen LogP contribution in [0.3, 0.4) is 0 Å². The van der Waals surface area contributed by atoms with E-state index < -0.39 is 5.97 Å². The molecule has 2 aromatic carbocycles. The first kappa shape index (κ1) is 16.7. The van der Waals surface area contributed by atoms with Gasteiger partial charge in [0, 0.05) is 10.0 Å². The van der Waals surface area contributed by atoms with Crippen molar-refractivity contribution in [2.24, 2.45) is 4.99 Å². The highest BCUT2D eigenvalue weighted by molar-refractivity contribution is 9.10. The Morgan fingerprint density at radius 2 is 1.62 bits per heavy atom. The van der Waals surface area contributed by atoms with Crippen molar-refractivity contribution in [3.63, 3.8) is 0 Å². The third-order valence-electron chi connectivity index (χ3n) is 3.79. The zero-order chi connectivity index (χ0) is 17.3. The van der Waals surface area contributed by atoms with Gasteiger partial charge < -0.3 is 4.74 Å². The zero-order valence-electron chi connectivity index (χ0n) is 13.8. The molecule has 0 aromatic heterocycles. The quantitative estimate of drug-likeness (QED) is 0.534. The Morgan fingerprint density at radius 3 is 2.21 bits per heavy atom. The second-order valence-corrected chi connectivity index (χ2v) is 7.63. The molecular weight excluding hydrogens is 366 g/mol. The molecule has 1 aliphatic heterocycles. The number of rotatable bonds is 2. The van der Waals surface area contributed by atoms with Crippen LogP contribution in [0.25, 0.3) is 6.08 Å². The largest absolute Gasteiger partial charge is 0.402 e. The summed E-state index contributed by atoms with van der Waals surface area (Å²) in [5, 5.41) is 0. The third kappa shape index (κ3) is 3.65. The average molecular weight is 384 g/mol. The van der Waals surface area contributed by atoms with Crippen molar-refractivity contribution in [3.05, 3.63) is 75.4 Å². The lowest BCUT2D eigenvalue weighted by Crippen LogP contribution is -2.11. The number of nitrogens with zero attached hydrogens (tertiary/aromatic N) is 1. The summed E-state index contributed by atoms with van der Waals surface area (Å²) in [4.78, 5) is 16.4. The number of carbonyl (C=O) groups excluding carboxylic acids is 1. The van der Waals surface area contributed by atoms with Crippen molar-refractivity contribution in [2.45, 2.75) is 26.2 Å². The van der Waals surface area contributed by atoms with E-state index in [-0.39, 0.29) is 5.41 Å². The van der Waals surface area contributed by atoms with Gasteiger partial charge >= 0.3 is 5.97 Å². The number of carbonyl (C=O) groups is 1. The van der Waals surface area contributed by atoms with E-state index in [1.165, 1.54) is 5.56 Å². The molecule has 0 N–H and O–H groups in total. The van der Waals surface area contributed by atoms with E-state index in [0.29, 0.717) is 11.6 Å². The van der Waals surface area contributed by atoms with E-state index in [1.54, 1.807) is 6.08 Å². The molecule has 3 nitrogen and oxygen atoms in total. The summed E-state index contributed by atoms with van der Waals surface area (Å²) in [5.74, 6) is -0.0726. The Kier molecular flexibility index (Phi) is 4.41. The highest BCUT2D eigenvalue weighted by Crippen LogP contribution is 2.24. The van der Waals surface area contributed by atoms with Crippen LogP contribution in [0.1, 0.15) is 37.5 Å². The molecule has 0 saturated carbocycles. The van der Waals surface area contributed by atoms with Gasteiger partial charge in [0.05, 0.1) is 0 Å². The van der Waals surface area contributed by atoms with E-state index in [1.807, 2.05) is 48.5 Å². The van der Waals surface area contributed by atoms with Gasteiger partial charge in [-0.25, -0.2) is 9.79 Å². The van der Waals surface area contributed by atoms with Crippen LogP contribution in [0, 0.1) is 0 Å². The fourth-order valence-electron chi connectivity index (χ4n) is 2.36. The molecule has 0 aliphatic carbocycles. The SMILES string of the molecule is CC(C)(C)c1ccc(C2=N/C(=C\c3ccc(Br)cc3)C(=O)O2)cc1. The highest BCUT2D eigenvalue weighted by Gasteiger charge is 2.24. The van der Waals surface area contributed by atoms with Crippen LogP contribution < -0.4 is 0 Å². The second kappa shape index (κ2) is 6.36. The highest BCUT2D eigenvalue weighted by atomic mass is 79.9. The molecule has 122 valence electrons. The summed E-state index contributed by atoms with van der Waals surface area (Å²) in [6.45, 7) is 6.48. The van der Waals surface area contributed by atoms with Gasteiger partial charge in [-0.05, 0) is 46.9 Å². The maximum absolute atomic E-state index is 12.0.